The van der Waals surface area contributed by atoms with E-state index in [9.17, 15) is 18.0 Å². The predicted octanol–water partition coefficient (Wildman–Crippen LogP) is 1.20. The zero-order valence-corrected chi connectivity index (χ0v) is 9.50. The summed E-state index contributed by atoms with van der Waals surface area (Å²) >= 11 is 0. The first-order valence-corrected chi connectivity index (χ1v) is 5.55. The lowest BCUT2D eigenvalue weighted by atomic mass is 9.97. The largest absolute Gasteiger partial charge is 0.369 e. The van der Waals surface area contributed by atoms with Crippen molar-refractivity contribution in [2.75, 3.05) is 18.0 Å². The van der Waals surface area contributed by atoms with Crippen LogP contribution in [0.5, 0.6) is 0 Å². The van der Waals surface area contributed by atoms with Crippen LogP contribution in [0.25, 0.3) is 0 Å². The number of hydrogen-bond donors (Lipinski definition) is 1. The highest BCUT2D eigenvalue weighted by molar-refractivity contribution is 5.77. The second-order valence-corrected chi connectivity index (χ2v) is 4.25. The molecule has 1 fully saturated rings. The van der Waals surface area contributed by atoms with E-state index in [1.54, 1.807) is 0 Å². The Balaban J connectivity index is 2.26. The van der Waals surface area contributed by atoms with Crippen LogP contribution < -0.4 is 10.6 Å². The second kappa shape index (κ2) is 4.83. The Labute approximate surface area is 102 Å². The highest BCUT2D eigenvalue weighted by Crippen LogP contribution is 2.24. The molecule has 0 saturated carbocycles. The molecule has 1 amide bonds. The number of halogens is 3. The Morgan fingerprint density at radius 3 is 2.78 bits per heavy atom. The third-order valence-electron chi connectivity index (χ3n) is 2.99. The van der Waals surface area contributed by atoms with Crippen LogP contribution in [0.1, 0.15) is 12.8 Å². The average Bonchev–Trinajstić information content (AvgIpc) is 2.34. The molecule has 2 N–H and O–H groups in total. The molecule has 0 aliphatic carbocycles. The summed E-state index contributed by atoms with van der Waals surface area (Å²) in [5, 5.41) is 0. The highest BCUT2D eigenvalue weighted by atomic mass is 19.2. The quantitative estimate of drug-likeness (QED) is 0.812. The van der Waals surface area contributed by atoms with E-state index in [-0.39, 0.29) is 12.4 Å². The van der Waals surface area contributed by atoms with Gasteiger partial charge in [-0.2, -0.15) is 9.37 Å². The van der Waals surface area contributed by atoms with Crippen molar-refractivity contribution in [3.8, 4) is 0 Å². The van der Waals surface area contributed by atoms with Crippen molar-refractivity contribution in [3.63, 3.8) is 0 Å². The Bertz CT molecular complexity index is 481. The summed E-state index contributed by atoms with van der Waals surface area (Å²) in [5.41, 5.74) is 5.19. The highest BCUT2D eigenvalue weighted by Gasteiger charge is 2.27. The minimum Gasteiger partial charge on any atom is -0.369 e. The van der Waals surface area contributed by atoms with Gasteiger partial charge in [0.15, 0.2) is 17.5 Å². The van der Waals surface area contributed by atoms with E-state index in [1.807, 2.05) is 0 Å². The summed E-state index contributed by atoms with van der Waals surface area (Å²) in [6.45, 7) is 0.600. The minimum absolute atomic E-state index is 0.171. The van der Waals surface area contributed by atoms with Gasteiger partial charge in [0.1, 0.15) is 0 Å². The monoisotopic (exact) mass is 259 g/mol. The molecule has 1 aromatic heterocycles. The molecule has 7 heteroatoms. The topological polar surface area (TPSA) is 59.2 Å². The molecule has 4 nitrogen and oxygen atoms in total. The van der Waals surface area contributed by atoms with E-state index in [4.69, 9.17) is 5.73 Å². The summed E-state index contributed by atoms with van der Waals surface area (Å²) in [4.78, 5) is 15.7. The number of hydrogen-bond acceptors (Lipinski definition) is 3. The van der Waals surface area contributed by atoms with E-state index >= 15 is 0 Å². The lowest BCUT2D eigenvalue weighted by Gasteiger charge is -2.32. The number of rotatable bonds is 2. The van der Waals surface area contributed by atoms with Gasteiger partial charge in [-0.05, 0) is 12.8 Å². The molecule has 1 aliphatic heterocycles. The third-order valence-corrected chi connectivity index (χ3v) is 2.99. The number of aromatic nitrogens is 1. The standard InChI is InChI=1S/C11H12F3N3O/c12-7-4-8(13)11(16-9(7)14)17-3-1-2-6(5-17)10(15)18/h4,6H,1-3,5H2,(H2,15,18). The summed E-state index contributed by atoms with van der Waals surface area (Å²) in [5.74, 6) is -4.82. The number of primary amides is 1. The summed E-state index contributed by atoms with van der Waals surface area (Å²) < 4.78 is 39.3. The second-order valence-electron chi connectivity index (χ2n) is 4.25. The first kappa shape index (κ1) is 12.7. The normalized spacial score (nSPS) is 19.9. The van der Waals surface area contributed by atoms with Crippen molar-refractivity contribution in [2.24, 2.45) is 11.7 Å². The van der Waals surface area contributed by atoms with Crippen LogP contribution >= 0.6 is 0 Å². The number of carbonyl (C=O) groups excluding carboxylic acids is 1. The Hall–Kier alpha value is -1.79. The van der Waals surface area contributed by atoms with Gasteiger partial charge >= 0.3 is 0 Å². The SMILES string of the molecule is NC(=O)C1CCCN(c2nc(F)c(F)cc2F)C1. The van der Waals surface area contributed by atoms with E-state index < -0.39 is 29.4 Å². The number of nitrogens with two attached hydrogens (primary N) is 1. The number of pyridine rings is 1. The molecule has 1 unspecified atom stereocenters. The Morgan fingerprint density at radius 1 is 1.39 bits per heavy atom. The van der Waals surface area contributed by atoms with E-state index in [2.05, 4.69) is 4.98 Å². The van der Waals surface area contributed by atoms with Crippen molar-refractivity contribution < 1.29 is 18.0 Å². The fraction of sp³-hybridized carbons (Fsp3) is 0.455. The smallest absolute Gasteiger partial charge is 0.251 e. The molecule has 1 aromatic rings. The molecule has 2 rings (SSSR count). The molecular weight excluding hydrogens is 247 g/mol. The van der Waals surface area contributed by atoms with Gasteiger partial charge in [0, 0.05) is 19.2 Å². The van der Waals surface area contributed by atoms with Crippen LogP contribution in [-0.4, -0.2) is 24.0 Å². The van der Waals surface area contributed by atoms with Gasteiger partial charge in [0.2, 0.25) is 5.91 Å². The number of nitrogens with zero attached hydrogens (tertiary/aromatic N) is 2. The maximum absolute atomic E-state index is 13.5. The molecule has 0 spiro atoms. The van der Waals surface area contributed by atoms with Crippen LogP contribution in [0, 0.1) is 23.5 Å². The molecule has 0 radical (unpaired) electrons. The predicted molar refractivity (Wildman–Crippen MR) is 58.2 cm³/mol. The number of amides is 1. The first-order valence-electron chi connectivity index (χ1n) is 5.55. The van der Waals surface area contributed by atoms with Gasteiger partial charge in [-0.1, -0.05) is 0 Å². The van der Waals surface area contributed by atoms with Crippen molar-refractivity contribution in [1.29, 1.82) is 0 Å². The van der Waals surface area contributed by atoms with Crippen molar-refractivity contribution in [2.45, 2.75) is 12.8 Å². The Morgan fingerprint density at radius 2 is 2.11 bits per heavy atom. The average molecular weight is 259 g/mol. The first-order chi connectivity index (χ1) is 8.49. The fourth-order valence-electron chi connectivity index (χ4n) is 2.06. The molecular formula is C11H12F3N3O. The minimum atomic E-state index is -1.35. The van der Waals surface area contributed by atoms with E-state index in [0.29, 0.717) is 25.5 Å². The lowest BCUT2D eigenvalue weighted by Crippen LogP contribution is -2.42. The van der Waals surface area contributed by atoms with Crippen molar-refractivity contribution in [1.82, 2.24) is 4.98 Å². The van der Waals surface area contributed by atoms with E-state index in [1.165, 1.54) is 4.90 Å². The van der Waals surface area contributed by atoms with Gasteiger partial charge < -0.3 is 10.6 Å². The third kappa shape index (κ3) is 2.39. The zero-order chi connectivity index (χ0) is 13.3. The van der Waals surface area contributed by atoms with Gasteiger partial charge in [-0.15, -0.1) is 0 Å². The van der Waals surface area contributed by atoms with Gasteiger partial charge in [-0.25, -0.2) is 8.78 Å². The molecule has 1 aliphatic rings. The van der Waals surface area contributed by atoms with Gasteiger partial charge in [0.05, 0.1) is 5.92 Å². The van der Waals surface area contributed by atoms with Crippen LogP contribution in [0.15, 0.2) is 6.07 Å². The van der Waals surface area contributed by atoms with Crippen molar-refractivity contribution in [3.05, 3.63) is 23.6 Å². The fourth-order valence-corrected chi connectivity index (χ4v) is 2.06. The molecule has 0 aromatic carbocycles. The maximum atomic E-state index is 13.5. The van der Waals surface area contributed by atoms with Crippen LogP contribution in [0.4, 0.5) is 19.0 Å². The lowest BCUT2D eigenvalue weighted by molar-refractivity contribution is -0.122. The molecule has 1 saturated heterocycles. The summed E-state index contributed by atoms with van der Waals surface area (Å²) in [6, 6.07) is 0.450. The molecule has 2 heterocycles. The summed E-state index contributed by atoms with van der Waals surface area (Å²) in [6.07, 6.45) is 1.23. The van der Waals surface area contributed by atoms with Gasteiger partial charge in [0.25, 0.3) is 5.95 Å². The zero-order valence-electron chi connectivity index (χ0n) is 9.50. The number of piperidine rings is 1. The molecule has 1 atom stereocenters. The maximum Gasteiger partial charge on any atom is 0.251 e. The van der Waals surface area contributed by atoms with E-state index in [0.717, 1.165) is 0 Å². The number of carbonyl (C=O) groups is 1. The van der Waals surface area contributed by atoms with Crippen LogP contribution in [0.3, 0.4) is 0 Å². The van der Waals surface area contributed by atoms with Crippen LogP contribution in [0.2, 0.25) is 0 Å². The Kier molecular flexibility index (Phi) is 3.40. The van der Waals surface area contributed by atoms with Crippen molar-refractivity contribution >= 4 is 11.7 Å². The van der Waals surface area contributed by atoms with Crippen LogP contribution in [-0.2, 0) is 4.79 Å². The number of anilines is 1. The molecule has 18 heavy (non-hydrogen) atoms. The summed E-state index contributed by atoms with van der Waals surface area (Å²) in [7, 11) is 0. The molecule has 0 bridgehead atoms. The molecule has 98 valence electrons. The van der Waals surface area contributed by atoms with Gasteiger partial charge in [-0.3, -0.25) is 4.79 Å².